The summed E-state index contributed by atoms with van der Waals surface area (Å²) >= 11 is 0. The molecule has 2 heterocycles. The summed E-state index contributed by atoms with van der Waals surface area (Å²) in [5.74, 6) is -0.182. The van der Waals surface area contributed by atoms with E-state index in [1.165, 1.54) is 18.2 Å². The number of benzene rings is 3. The van der Waals surface area contributed by atoms with Crippen molar-refractivity contribution in [1.82, 2.24) is 14.8 Å². The summed E-state index contributed by atoms with van der Waals surface area (Å²) in [6, 6.07) is 26.5. The van der Waals surface area contributed by atoms with Crippen molar-refractivity contribution in [1.29, 1.82) is 5.26 Å². The smallest absolute Gasteiger partial charge is 0.345 e. The molecule has 6 nitrogen and oxygen atoms in total. The van der Waals surface area contributed by atoms with Gasteiger partial charge >= 0.3 is 6.18 Å². The van der Waals surface area contributed by atoms with E-state index < -0.39 is 11.7 Å². The topological polar surface area (TPSA) is 63.5 Å². The number of hydrogen-bond donors (Lipinski definition) is 0. The highest BCUT2D eigenvalue weighted by atomic mass is 19.4. The van der Waals surface area contributed by atoms with Crippen LogP contribution in [0, 0.1) is 11.3 Å². The van der Waals surface area contributed by atoms with Crippen LogP contribution < -0.4 is 4.90 Å². The van der Waals surface area contributed by atoms with Crippen molar-refractivity contribution < 1.29 is 18.0 Å². The second kappa shape index (κ2) is 14.2. The molecule has 0 saturated carbocycles. The van der Waals surface area contributed by atoms with Crippen LogP contribution in [0.1, 0.15) is 40.7 Å². The number of alkyl halides is 3. The summed E-state index contributed by atoms with van der Waals surface area (Å²) in [5.41, 5.74) is 4.56. The Bertz CT molecular complexity index is 1620. The lowest BCUT2D eigenvalue weighted by Gasteiger charge is -2.38. The van der Waals surface area contributed by atoms with Gasteiger partial charge < -0.3 is 9.80 Å². The Kier molecular flexibility index (Phi) is 9.95. The van der Waals surface area contributed by atoms with Gasteiger partial charge in [-0.3, -0.25) is 14.7 Å². The molecule has 0 unspecified atom stereocenters. The van der Waals surface area contributed by atoms with Crippen molar-refractivity contribution >= 4 is 23.4 Å². The molecule has 0 bridgehead atoms. The van der Waals surface area contributed by atoms with Gasteiger partial charge in [-0.25, -0.2) is 0 Å². The van der Waals surface area contributed by atoms with Gasteiger partial charge in [0.05, 0.1) is 17.2 Å². The first-order valence-corrected chi connectivity index (χ1v) is 14.8. The molecule has 3 aromatic carbocycles. The number of piperidine rings is 1. The van der Waals surface area contributed by atoms with E-state index in [1.54, 1.807) is 18.5 Å². The van der Waals surface area contributed by atoms with Gasteiger partial charge in [0.2, 0.25) is 5.91 Å². The van der Waals surface area contributed by atoms with Gasteiger partial charge in [-0.2, -0.15) is 18.4 Å². The summed E-state index contributed by atoms with van der Waals surface area (Å²) in [4.78, 5) is 24.0. The van der Waals surface area contributed by atoms with Gasteiger partial charge in [-0.05, 0) is 84.1 Å². The molecular formula is C36H34F3N5O. The van der Waals surface area contributed by atoms with Crippen molar-refractivity contribution in [2.75, 3.05) is 25.0 Å². The zero-order chi connectivity index (χ0) is 31.8. The fourth-order valence-electron chi connectivity index (χ4n) is 5.50. The van der Waals surface area contributed by atoms with Crippen LogP contribution in [0.15, 0.2) is 103 Å². The lowest BCUT2D eigenvalue weighted by molar-refractivity contribution is -0.137. The Morgan fingerprint density at radius 3 is 2.11 bits per heavy atom. The van der Waals surface area contributed by atoms with Crippen molar-refractivity contribution in [2.45, 2.75) is 38.1 Å². The molecule has 1 amide bonds. The largest absolute Gasteiger partial charge is 0.416 e. The van der Waals surface area contributed by atoms with E-state index in [2.05, 4.69) is 20.9 Å². The van der Waals surface area contributed by atoms with E-state index in [0.717, 1.165) is 67.1 Å². The summed E-state index contributed by atoms with van der Waals surface area (Å²) in [7, 11) is 1.98. The first kappa shape index (κ1) is 31.5. The number of amides is 1. The van der Waals surface area contributed by atoms with Crippen LogP contribution in [0.5, 0.6) is 0 Å². The lowest BCUT2D eigenvalue weighted by Crippen LogP contribution is -2.46. The van der Waals surface area contributed by atoms with Gasteiger partial charge in [0.15, 0.2) is 0 Å². The Balaban J connectivity index is 1.29. The molecule has 0 spiro atoms. The van der Waals surface area contributed by atoms with Gasteiger partial charge in [-0.1, -0.05) is 36.4 Å². The number of anilines is 2. The molecule has 1 saturated heterocycles. The number of rotatable bonds is 9. The van der Waals surface area contributed by atoms with Crippen molar-refractivity contribution in [3.8, 4) is 6.07 Å². The van der Waals surface area contributed by atoms with Crippen LogP contribution in [0.25, 0.3) is 6.08 Å². The third kappa shape index (κ3) is 8.37. The van der Waals surface area contributed by atoms with E-state index in [4.69, 9.17) is 5.26 Å². The van der Waals surface area contributed by atoms with Gasteiger partial charge in [-0.15, -0.1) is 0 Å². The molecule has 1 fully saturated rings. The number of carbonyl (C=O) groups is 1. The number of nitrogens with zero attached hydrogens (tertiary/aromatic N) is 5. The third-order valence-corrected chi connectivity index (χ3v) is 8.15. The number of carbonyl (C=O) groups excluding carboxylic acids is 1. The quantitative estimate of drug-likeness (QED) is 0.185. The molecule has 230 valence electrons. The van der Waals surface area contributed by atoms with Crippen LogP contribution >= 0.6 is 0 Å². The van der Waals surface area contributed by atoms with Crippen LogP contribution in [0.2, 0.25) is 0 Å². The molecule has 45 heavy (non-hydrogen) atoms. The molecule has 1 aliphatic heterocycles. The maximum Gasteiger partial charge on any atom is 0.416 e. The van der Waals surface area contributed by atoms with Gasteiger partial charge in [0.25, 0.3) is 0 Å². The standard InChI is InChI=1S/C36H34F3N5O/c1-42(33-16-20-41-21-17-33)32-13-8-30(9-14-32)26-44(35(45)15-10-27-6-11-31(12-7-27)36(37,38)39)34-18-22-43(23-19-34)25-29-4-2-28(24-40)3-5-29/h2-17,20-21,34H,18-19,22-23,25-26H2,1H3/b15-10+. The molecule has 0 N–H and O–H groups in total. The minimum atomic E-state index is -4.41. The van der Waals surface area contributed by atoms with Crippen molar-refractivity contribution in [3.05, 3.63) is 131 Å². The van der Waals surface area contributed by atoms with E-state index in [-0.39, 0.29) is 11.9 Å². The van der Waals surface area contributed by atoms with Crippen LogP contribution in [-0.4, -0.2) is 46.9 Å². The minimum Gasteiger partial charge on any atom is -0.345 e. The van der Waals surface area contributed by atoms with E-state index >= 15 is 0 Å². The highest BCUT2D eigenvalue weighted by molar-refractivity contribution is 5.92. The molecule has 0 aliphatic carbocycles. The average molecular weight is 610 g/mol. The number of hydrogen-bond acceptors (Lipinski definition) is 5. The zero-order valence-corrected chi connectivity index (χ0v) is 25.0. The SMILES string of the molecule is CN(c1ccncc1)c1ccc(CN(C(=O)/C=C/c2ccc(C(F)(F)F)cc2)C2CCN(Cc3ccc(C#N)cc3)CC2)cc1. The highest BCUT2D eigenvalue weighted by Gasteiger charge is 2.30. The molecule has 1 aromatic heterocycles. The van der Waals surface area contributed by atoms with Gasteiger partial charge in [0.1, 0.15) is 0 Å². The molecule has 4 aromatic rings. The first-order valence-electron chi connectivity index (χ1n) is 14.8. The fourth-order valence-corrected chi connectivity index (χ4v) is 5.50. The van der Waals surface area contributed by atoms with Crippen LogP contribution in [0.3, 0.4) is 0 Å². The summed E-state index contributed by atoms with van der Waals surface area (Å²) in [6.07, 6.45) is 3.69. The lowest BCUT2D eigenvalue weighted by atomic mass is 10.0. The predicted molar refractivity (Wildman–Crippen MR) is 169 cm³/mol. The summed E-state index contributed by atoms with van der Waals surface area (Å²) in [6.45, 7) is 2.81. The Labute approximate surface area is 261 Å². The van der Waals surface area contributed by atoms with E-state index in [1.807, 2.05) is 72.6 Å². The number of pyridine rings is 1. The third-order valence-electron chi connectivity index (χ3n) is 8.15. The predicted octanol–water partition coefficient (Wildman–Crippen LogP) is 7.45. The maximum atomic E-state index is 13.6. The Morgan fingerprint density at radius 2 is 1.51 bits per heavy atom. The highest BCUT2D eigenvalue weighted by Crippen LogP contribution is 2.29. The zero-order valence-electron chi connectivity index (χ0n) is 25.0. The number of nitriles is 1. The normalized spacial score (nSPS) is 14.3. The molecule has 1 aliphatic rings. The molecule has 5 rings (SSSR count). The second-order valence-electron chi connectivity index (χ2n) is 11.2. The van der Waals surface area contributed by atoms with Gasteiger partial charge in [0, 0.05) is 69.1 Å². The van der Waals surface area contributed by atoms with E-state index in [0.29, 0.717) is 17.7 Å². The number of aromatic nitrogens is 1. The molecular weight excluding hydrogens is 575 g/mol. The van der Waals surface area contributed by atoms with E-state index in [9.17, 15) is 18.0 Å². The number of likely N-dealkylation sites (tertiary alicyclic amines) is 1. The summed E-state index contributed by atoms with van der Waals surface area (Å²) < 4.78 is 39.0. The minimum absolute atomic E-state index is 0.00568. The van der Waals surface area contributed by atoms with Crippen molar-refractivity contribution in [2.24, 2.45) is 0 Å². The first-order chi connectivity index (χ1) is 21.7. The summed E-state index contributed by atoms with van der Waals surface area (Å²) in [5, 5.41) is 9.07. The Morgan fingerprint density at radius 1 is 0.911 bits per heavy atom. The molecule has 0 radical (unpaired) electrons. The molecule has 0 atom stereocenters. The van der Waals surface area contributed by atoms with Crippen molar-refractivity contribution in [3.63, 3.8) is 0 Å². The Hall–Kier alpha value is -4.94. The second-order valence-corrected chi connectivity index (χ2v) is 11.2. The molecule has 9 heteroatoms. The monoisotopic (exact) mass is 609 g/mol. The van der Waals surface area contributed by atoms with Crippen LogP contribution in [-0.2, 0) is 24.1 Å². The maximum absolute atomic E-state index is 13.6. The van der Waals surface area contributed by atoms with Crippen LogP contribution in [0.4, 0.5) is 24.5 Å². The average Bonchev–Trinajstić information content (AvgIpc) is 3.07. The number of halogens is 3. The fraction of sp³-hybridized carbons (Fsp3) is 0.250.